The number of piperidine rings is 1. The number of carbonyl (C=O) groups is 1. The number of carboxylic acid groups (broad SMARTS) is 1. The summed E-state index contributed by atoms with van der Waals surface area (Å²) < 4.78 is 33.1. The van der Waals surface area contributed by atoms with E-state index >= 15 is 0 Å². The molecule has 0 bridgehead atoms. The molecule has 4 aromatic rings. The first-order valence-corrected chi connectivity index (χ1v) is 14.3. The molecule has 0 amide bonds. The van der Waals surface area contributed by atoms with Crippen molar-refractivity contribution in [2.45, 2.75) is 64.1 Å². The zero-order valence-corrected chi connectivity index (χ0v) is 23.6. The predicted octanol–water partition coefficient (Wildman–Crippen LogP) is 4.34. The Hall–Kier alpha value is -4.60. The molecule has 2 saturated heterocycles. The molecule has 0 spiro atoms. The van der Waals surface area contributed by atoms with Crippen LogP contribution in [0.4, 0.5) is 4.39 Å². The van der Waals surface area contributed by atoms with Crippen molar-refractivity contribution in [2.24, 2.45) is 0 Å². The number of imidazole rings is 1. The summed E-state index contributed by atoms with van der Waals surface area (Å²) in [6.07, 6.45) is 4.20. The molecular weight excluding hydrogens is 555 g/mol. The van der Waals surface area contributed by atoms with Gasteiger partial charge in [0.05, 0.1) is 41.4 Å². The lowest BCUT2D eigenvalue weighted by Gasteiger charge is -2.37. The van der Waals surface area contributed by atoms with Gasteiger partial charge in [0.1, 0.15) is 36.2 Å². The second kappa shape index (κ2) is 12.3. The average molecular weight is 587 g/mol. The number of halogens is 1. The molecule has 2 aromatic heterocycles. The van der Waals surface area contributed by atoms with Crippen LogP contribution in [-0.4, -0.2) is 66.9 Å². The molecule has 11 nitrogen and oxygen atoms in total. The van der Waals surface area contributed by atoms with Gasteiger partial charge in [0, 0.05) is 31.5 Å². The second-order valence-corrected chi connectivity index (χ2v) is 10.9. The van der Waals surface area contributed by atoms with Crippen LogP contribution >= 0.6 is 0 Å². The maximum atomic E-state index is 13.4. The van der Waals surface area contributed by atoms with Gasteiger partial charge in [-0.25, -0.2) is 19.2 Å². The zero-order chi connectivity index (χ0) is 29.9. The number of carboxylic acids is 1. The van der Waals surface area contributed by atoms with Crippen LogP contribution in [0.3, 0.4) is 0 Å². The number of aromatic nitrogens is 4. The zero-order valence-electron chi connectivity index (χ0n) is 23.6. The molecule has 2 aliphatic heterocycles. The summed E-state index contributed by atoms with van der Waals surface area (Å²) in [7, 11) is 0. The SMILES string of the molecule is C[C@H]1C[C@@H](Oc2ccnc(COc3ccc(F)cc3C#N)n2)CCN1Cc1nc2ccc(C(=O)O)cc2n1C[C@H]1CCO1. The minimum atomic E-state index is -0.962. The standard InChI is InChI=1S/C31H31FN6O5/c1-19-12-23(43-30-6-9-34-28(36-30)18-42-27-5-3-22(32)13-21(27)15-33)7-10-37(19)17-29-35-25-4-2-20(31(39)40)14-26(25)38(29)16-24-8-11-41-24/h2-6,9,13-14,19,23-24H,7-8,10-12,16-18H2,1H3,(H,39,40)/t19-,23-,24+/m0/s1. The van der Waals surface area contributed by atoms with E-state index in [1.165, 1.54) is 12.1 Å². The molecule has 12 heteroatoms. The number of likely N-dealkylation sites (tertiary alicyclic amines) is 1. The summed E-state index contributed by atoms with van der Waals surface area (Å²) in [6, 6.07) is 12.7. The molecule has 2 fully saturated rings. The predicted molar refractivity (Wildman–Crippen MR) is 152 cm³/mol. The molecule has 0 aliphatic carbocycles. The fraction of sp³-hybridized carbons (Fsp3) is 0.387. The van der Waals surface area contributed by atoms with Gasteiger partial charge in [-0.15, -0.1) is 0 Å². The van der Waals surface area contributed by atoms with Crippen LogP contribution in [0.1, 0.15) is 53.8 Å². The summed E-state index contributed by atoms with van der Waals surface area (Å²) in [6.45, 7) is 4.97. The molecule has 222 valence electrons. The van der Waals surface area contributed by atoms with Crippen molar-refractivity contribution in [3.8, 4) is 17.7 Å². The van der Waals surface area contributed by atoms with Gasteiger partial charge in [-0.05, 0) is 62.6 Å². The van der Waals surface area contributed by atoms with Crippen molar-refractivity contribution in [3.05, 3.63) is 77.3 Å². The van der Waals surface area contributed by atoms with Gasteiger partial charge < -0.3 is 23.9 Å². The second-order valence-electron chi connectivity index (χ2n) is 10.9. The van der Waals surface area contributed by atoms with E-state index in [2.05, 4.69) is 26.4 Å². The Kier molecular flexibility index (Phi) is 8.18. The molecule has 43 heavy (non-hydrogen) atoms. The first-order valence-electron chi connectivity index (χ1n) is 14.3. The minimum Gasteiger partial charge on any atom is -0.484 e. The van der Waals surface area contributed by atoms with Gasteiger partial charge in [-0.1, -0.05) is 0 Å². The molecule has 1 N–H and O–H groups in total. The molecule has 6 rings (SSSR count). The summed E-state index contributed by atoms with van der Waals surface area (Å²) in [5.74, 6) is 0.506. The van der Waals surface area contributed by atoms with E-state index in [9.17, 15) is 19.6 Å². The number of aromatic carboxylic acids is 1. The smallest absolute Gasteiger partial charge is 0.335 e. The first kappa shape index (κ1) is 28.5. The Morgan fingerprint density at radius 2 is 2.07 bits per heavy atom. The number of nitriles is 1. The summed E-state index contributed by atoms with van der Waals surface area (Å²) in [5, 5.41) is 18.7. The van der Waals surface area contributed by atoms with Crippen LogP contribution in [0.15, 0.2) is 48.7 Å². The normalized spacial score (nSPS) is 20.3. The number of ether oxygens (including phenoxy) is 3. The van der Waals surface area contributed by atoms with Crippen LogP contribution in [-0.2, 0) is 24.4 Å². The molecular formula is C31H31FN6O5. The Morgan fingerprint density at radius 3 is 2.81 bits per heavy atom. The fourth-order valence-electron chi connectivity index (χ4n) is 5.51. The first-order chi connectivity index (χ1) is 20.9. The van der Waals surface area contributed by atoms with Crippen molar-refractivity contribution in [2.75, 3.05) is 13.2 Å². The number of hydrogen-bond acceptors (Lipinski definition) is 9. The third-order valence-electron chi connectivity index (χ3n) is 7.95. The molecule has 2 aromatic carbocycles. The van der Waals surface area contributed by atoms with Crippen LogP contribution in [0.25, 0.3) is 11.0 Å². The van der Waals surface area contributed by atoms with Gasteiger partial charge in [0.25, 0.3) is 0 Å². The third-order valence-corrected chi connectivity index (χ3v) is 7.95. The lowest BCUT2D eigenvalue weighted by Crippen LogP contribution is -2.44. The molecule has 2 aliphatic rings. The van der Waals surface area contributed by atoms with Gasteiger partial charge >= 0.3 is 5.97 Å². The van der Waals surface area contributed by atoms with E-state index < -0.39 is 11.8 Å². The van der Waals surface area contributed by atoms with E-state index in [0.717, 1.165) is 55.3 Å². The Balaban J connectivity index is 1.09. The fourth-order valence-corrected chi connectivity index (χ4v) is 5.51. The molecule has 3 atom stereocenters. The van der Waals surface area contributed by atoms with E-state index in [1.54, 1.807) is 30.5 Å². The van der Waals surface area contributed by atoms with Crippen molar-refractivity contribution >= 4 is 17.0 Å². The maximum absolute atomic E-state index is 13.4. The topological polar surface area (TPSA) is 136 Å². The van der Waals surface area contributed by atoms with E-state index in [0.29, 0.717) is 24.8 Å². The Morgan fingerprint density at radius 1 is 1.21 bits per heavy atom. The molecule has 0 unspecified atom stereocenters. The minimum absolute atomic E-state index is 0.00716. The van der Waals surface area contributed by atoms with Crippen LogP contribution in [0.5, 0.6) is 11.6 Å². The number of hydrogen-bond donors (Lipinski definition) is 1. The average Bonchev–Trinajstić information content (AvgIpc) is 3.31. The largest absolute Gasteiger partial charge is 0.484 e. The quantitative estimate of drug-likeness (QED) is 0.286. The number of rotatable bonds is 10. The summed E-state index contributed by atoms with van der Waals surface area (Å²) >= 11 is 0. The maximum Gasteiger partial charge on any atom is 0.335 e. The molecule has 0 saturated carbocycles. The van der Waals surface area contributed by atoms with Gasteiger partial charge in [0.15, 0.2) is 5.82 Å². The number of fused-ring (bicyclic) bond motifs is 1. The number of benzene rings is 2. The van der Waals surface area contributed by atoms with Crippen LogP contribution < -0.4 is 9.47 Å². The highest BCUT2D eigenvalue weighted by molar-refractivity contribution is 5.92. The summed E-state index contributed by atoms with van der Waals surface area (Å²) in [5.41, 5.74) is 1.92. The highest BCUT2D eigenvalue weighted by Gasteiger charge is 2.29. The van der Waals surface area contributed by atoms with E-state index in [-0.39, 0.29) is 41.7 Å². The number of nitrogens with zero attached hydrogens (tertiary/aromatic N) is 6. The third kappa shape index (κ3) is 6.43. The van der Waals surface area contributed by atoms with E-state index in [4.69, 9.17) is 19.2 Å². The van der Waals surface area contributed by atoms with Crippen molar-refractivity contribution < 1.29 is 28.5 Å². The lowest BCUT2D eigenvalue weighted by molar-refractivity contribution is -0.0593. The highest BCUT2D eigenvalue weighted by Crippen LogP contribution is 2.27. The molecule has 0 radical (unpaired) electrons. The summed E-state index contributed by atoms with van der Waals surface area (Å²) in [4.78, 5) is 27.6. The van der Waals surface area contributed by atoms with Crippen molar-refractivity contribution in [1.82, 2.24) is 24.4 Å². The van der Waals surface area contributed by atoms with E-state index in [1.807, 2.05) is 6.07 Å². The lowest BCUT2D eigenvalue weighted by atomic mass is 10.0. The van der Waals surface area contributed by atoms with Gasteiger partial charge in [0.2, 0.25) is 5.88 Å². The van der Waals surface area contributed by atoms with Crippen molar-refractivity contribution in [3.63, 3.8) is 0 Å². The Labute approximate surface area is 247 Å². The van der Waals surface area contributed by atoms with Gasteiger partial charge in [-0.2, -0.15) is 10.2 Å². The van der Waals surface area contributed by atoms with Crippen molar-refractivity contribution in [1.29, 1.82) is 5.26 Å². The molecule has 4 heterocycles. The van der Waals surface area contributed by atoms with Crippen LogP contribution in [0, 0.1) is 17.1 Å². The van der Waals surface area contributed by atoms with Gasteiger partial charge in [-0.3, -0.25) is 4.90 Å². The highest BCUT2D eigenvalue weighted by atomic mass is 19.1. The van der Waals surface area contributed by atoms with Crippen LogP contribution in [0.2, 0.25) is 0 Å². The Bertz CT molecular complexity index is 1680. The monoisotopic (exact) mass is 586 g/mol.